The molecule has 5 nitrogen and oxygen atoms in total. The second-order valence-corrected chi connectivity index (χ2v) is 5.99. The Hall–Kier alpha value is -2.75. The van der Waals surface area contributed by atoms with Gasteiger partial charge in [0.2, 0.25) is 5.82 Å². The number of ether oxygens (including phenoxy) is 1. The fourth-order valence-corrected chi connectivity index (χ4v) is 3.31. The fraction of sp³-hybridized carbons (Fsp3) is 0.294. The lowest BCUT2D eigenvalue weighted by Gasteiger charge is -2.34. The van der Waals surface area contributed by atoms with Crippen LogP contribution in [0.3, 0.4) is 0 Å². The molecule has 0 spiro atoms. The smallest absolute Gasteiger partial charge is 0.336 e. The van der Waals surface area contributed by atoms with Crippen LogP contribution in [0.4, 0.5) is 22.0 Å². The monoisotopic (exact) mass is 388 g/mol. The van der Waals surface area contributed by atoms with Crippen molar-refractivity contribution in [1.29, 1.82) is 0 Å². The highest BCUT2D eigenvalue weighted by Gasteiger charge is 2.43. The Labute approximate surface area is 149 Å². The van der Waals surface area contributed by atoms with E-state index in [1.54, 1.807) is 0 Å². The number of rotatable bonds is 2. The lowest BCUT2D eigenvalue weighted by atomic mass is 9.77. The molecule has 2 aliphatic heterocycles. The number of carbonyl (C=O) groups excluding carboxylic acids is 2. The second-order valence-electron chi connectivity index (χ2n) is 5.99. The highest BCUT2D eigenvalue weighted by atomic mass is 19.2. The number of hydrogen-bond donors (Lipinski definition) is 2. The first-order valence-electron chi connectivity index (χ1n) is 7.75. The first kappa shape index (κ1) is 19.0. The fourth-order valence-electron chi connectivity index (χ4n) is 3.31. The third kappa shape index (κ3) is 2.80. The highest BCUT2D eigenvalue weighted by molar-refractivity contribution is 6.04. The molecule has 2 aliphatic rings. The number of allylic oxidation sites excluding steroid dienone is 1. The van der Waals surface area contributed by atoms with Crippen LogP contribution in [-0.4, -0.2) is 32.0 Å². The van der Waals surface area contributed by atoms with Gasteiger partial charge in [-0.1, -0.05) is 0 Å². The van der Waals surface area contributed by atoms with Crippen molar-refractivity contribution in [3.8, 4) is 0 Å². The summed E-state index contributed by atoms with van der Waals surface area (Å²) in [5.74, 6) is -14.4. The maximum absolute atomic E-state index is 14.5. The molecule has 3 rings (SSSR count). The number of dihydropyridines is 1. The van der Waals surface area contributed by atoms with E-state index in [4.69, 9.17) is 0 Å². The van der Waals surface area contributed by atoms with E-state index in [-0.39, 0.29) is 30.1 Å². The number of halogens is 5. The zero-order valence-corrected chi connectivity index (χ0v) is 14.1. The van der Waals surface area contributed by atoms with E-state index in [9.17, 15) is 31.5 Å². The van der Waals surface area contributed by atoms with Crippen LogP contribution in [0.1, 0.15) is 18.4 Å². The van der Waals surface area contributed by atoms with Crippen molar-refractivity contribution < 1.29 is 36.3 Å². The molecule has 0 saturated carbocycles. The molecule has 0 bridgehead atoms. The van der Waals surface area contributed by atoms with Crippen molar-refractivity contribution in [2.75, 3.05) is 20.2 Å². The largest absolute Gasteiger partial charge is 0.466 e. The maximum Gasteiger partial charge on any atom is 0.336 e. The van der Waals surface area contributed by atoms with Gasteiger partial charge in [0.1, 0.15) is 0 Å². The van der Waals surface area contributed by atoms with Gasteiger partial charge in [-0.25, -0.2) is 26.7 Å². The van der Waals surface area contributed by atoms with Gasteiger partial charge in [-0.2, -0.15) is 0 Å². The molecule has 10 heteroatoms. The standard InChI is InChI=1S/C17H13F5N2O3/c1-5-8(17(26)27-2)10(9-6(24-5)3-23-4-7(9)25)11-12(18)14(20)16(22)15(21)13(11)19/h10,23-24H,3-4H2,1-2H3. The van der Waals surface area contributed by atoms with Gasteiger partial charge in [0, 0.05) is 29.1 Å². The first-order valence-corrected chi connectivity index (χ1v) is 7.75. The normalized spacial score (nSPS) is 19.8. The van der Waals surface area contributed by atoms with Gasteiger partial charge < -0.3 is 15.4 Å². The first-order chi connectivity index (χ1) is 12.7. The number of ketones is 1. The van der Waals surface area contributed by atoms with E-state index in [0.29, 0.717) is 0 Å². The number of methoxy groups -OCH3 is 1. The van der Waals surface area contributed by atoms with Gasteiger partial charge in [-0.15, -0.1) is 0 Å². The molecule has 0 aromatic heterocycles. The Morgan fingerprint density at radius 1 is 1.00 bits per heavy atom. The van der Waals surface area contributed by atoms with E-state index in [0.717, 1.165) is 7.11 Å². The summed E-state index contributed by atoms with van der Waals surface area (Å²) < 4.78 is 74.5. The van der Waals surface area contributed by atoms with Gasteiger partial charge in [0.05, 0.1) is 25.1 Å². The minimum atomic E-state index is -2.33. The average molecular weight is 388 g/mol. The number of carbonyl (C=O) groups is 2. The molecule has 2 N–H and O–H groups in total. The molecule has 27 heavy (non-hydrogen) atoms. The summed E-state index contributed by atoms with van der Waals surface area (Å²) in [6.07, 6.45) is 0. The molecular weight excluding hydrogens is 375 g/mol. The summed E-state index contributed by atoms with van der Waals surface area (Å²) in [4.78, 5) is 24.6. The van der Waals surface area contributed by atoms with Crippen LogP contribution in [0.15, 0.2) is 22.5 Å². The minimum absolute atomic E-state index is 0.0750. The predicted octanol–water partition coefficient (Wildman–Crippen LogP) is 1.94. The Morgan fingerprint density at radius 3 is 2.11 bits per heavy atom. The van der Waals surface area contributed by atoms with Crippen LogP contribution in [0.25, 0.3) is 0 Å². The van der Waals surface area contributed by atoms with E-state index in [1.807, 2.05) is 0 Å². The van der Waals surface area contributed by atoms with E-state index in [1.165, 1.54) is 6.92 Å². The topological polar surface area (TPSA) is 67.4 Å². The molecule has 0 saturated heterocycles. The Morgan fingerprint density at radius 2 is 1.56 bits per heavy atom. The van der Waals surface area contributed by atoms with Crippen LogP contribution in [-0.2, 0) is 14.3 Å². The number of Topliss-reactive ketones (excluding diaryl/α,β-unsaturated/α-hetero) is 1. The van der Waals surface area contributed by atoms with Crippen molar-refractivity contribution in [3.05, 3.63) is 57.2 Å². The molecule has 0 aliphatic carbocycles. The van der Waals surface area contributed by atoms with Gasteiger partial charge in [-0.05, 0) is 6.92 Å². The van der Waals surface area contributed by atoms with Crippen LogP contribution in [0, 0.1) is 29.1 Å². The molecule has 1 aromatic carbocycles. The van der Waals surface area contributed by atoms with Crippen LogP contribution in [0.5, 0.6) is 0 Å². The maximum atomic E-state index is 14.5. The molecule has 0 fully saturated rings. The van der Waals surface area contributed by atoms with Crippen LogP contribution >= 0.6 is 0 Å². The van der Waals surface area contributed by atoms with E-state index in [2.05, 4.69) is 15.4 Å². The lowest BCUT2D eigenvalue weighted by molar-refractivity contribution is -0.136. The lowest BCUT2D eigenvalue weighted by Crippen LogP contribution is -2.43. The predicted molar refractivity (Wildman–Crippen MR) is 81.7 cm³/mol. The summed E-state index contributed by atoms with van der Waals surface area (Å²) >= 11 is 0. The molecule has 0 radical (unpaired) electrons. The van der Waals surface area contributed by atoms with Gasteiger partial charge in [0.15, 0.2) is 29.1 Å². The van der Waals surface area contributed by atoms with Crippen LogP contribution < -0.4 is 10.6 Å². The van der Waals surface area contributed by atoms with Gasteiger partial charge >= 0.3 is 5.97 Å². The zero-order chi connectivity index (χ0) is 20.0. The van der Waals surface area contributed by atoms with Crippen molar-refractivity contribution in [2.24, 2.45) is 0 Å². The number of hydrogen-bond acceptors (Lipinski definition) is 5. The zero-order valence-electron chi connectivity index (χ0n) is 14.1. The van der Waals surface area contributed by atoms with Gasteiger partial charge in [0.25, 0.3) is 0 Å². The van der Waals surface area contributed by atoms with E-state index >= 15 is 0 Å². The number of benzene rings is 1. The summed E-state index contributed by atoms with van der Waals surface area (Å²) in [7, 11) is 0.992. The molecule has 1 aromatic rings. The third-order valence-electron chi connectivity index (χ3n) is 4.47. The Bertz CT molecular complexity index is 910. The van der Waals surface area contributed by atoms with Gasteiger partial charge in [-0.3, -0.25) is 4.79 Å². The molecule has 0 amide bonds. The SMILES string of the molecule is COC(=O)C1=C(C)NC2=C(C(=O)CNC2)C1c1c(F)c(F)c(F)c(F)c1F. The quantitative estimate of drug-likeness (QED) is 0.351. The average Bonchev–Trinajstić information content (AvgIpc) is 2.64. The molecule has 144 valence electrons. The minimum Gasteiger partial charge on any atom is -0.466 e. The molecular formula is C17H13F5N2O3. The van der Waals surface area contributed by atoms with Crippen molar-refractivity contribution in [1.82, 2.24) is 10.6 Å². The van der Waals surface area contributed by atoms with Crippen molar-refractivity contribution >= 4 is 11.8 Å². The summed E-state index contributed by atoms with van der Waals surface area (Å²) in [5, 5.41) is 5.50. The number of nitrogens with one attached hydrogen (secondary N) is 2. The Balaban J connectivity index is 2.38. The van der Waals surface area contributed by atoms with E-state index < -0.39 is 57.9 Å². The summed E-state index contributed by atoms with van der Waals surface area (Å²) in [6, 6.07) is 0. The Kier molecular flexibility index (Phi) is 4.77. The third-order valence-corrected chi connectivity index (χ3v) is 4.47. The number of esters is 1. The second kappa shape index (κ2) is 6.76. The van der Waals surface area contributed by atoms with Crippen molar-refractivity contribution in [2.45, 2.75) is 12.8 Å². The molecule has 1 atom stereocenters. The molecule has 1 unspecified atom stereocenters. The summed E-state index contributed by atoms with van der Waals surface area (Å²) in [6.45, 7) is 1.23. The summed E-state index contributed by atoms with van der Waals surface area (Å²) in [5.41, 5.74) is -1.66. The van der Waals surface area contributed by atoms with Crippen LogP contribution in [0.2, 0.25) is 0 Å². The van der Waals surface area contributed by atoms with Crippen molar-refractivity contribution in [3.63, 3.8) is 0 Å². The molecule has 2 heterocycles. The highest BCUT2D eigenvalue weighted by Crippen LogP contribution is 2.43.